The third kappa shape index (κ3) is 2.81. The van der Waals surface area contributed by atoms with E-state index in [2.05, 4.69) is 26.0 Å². The first-order valence-electron chi connectivity index (χ1n) is 5.30. The van der Waals surface area contributed by atoms with Crippen LogP contribution in [0.25, 0.3) is 0 Å². The molecule has 0 aliphatic carbocycles. The van der Waals surface area contributed by atoms with E-state index in [0.717, 1.165) is 11.1 Å². The van der Waals surface area contributed by atoms with Gasteiger partial charge in [0.05, 0.1) is 11.6 Å². The van der Waals surface area contributed by atoms with Crippen molar-refractivity contribution >= 4 is 0 Å². The molecule has 1 aromatic carbocycles. The van der Waals surface area contributed by atoms with Gasteiger partial charge < -0.3 is 5.73 Å². The summed E-state index contributed by atoms with van der Waals surface area (Å²) in [7, 11) is 0. The van der Waals surface area contributed by atoms with Gasteiger partial charge in [-0.3, -0.25) is 0 Å². The maximum atomic E-state index is 8.89. The Balaban J connectivity index is 3.04. The molecular weight excluding hydrogens is 184 g/mol. The van der Waals surface area contributed by atoms with Crippen LogP contribution in [0, 0.1) is 24.2 Å². The van der Waals surface area contributed by atoms with Crippen molar-refractivity contribution < 1.29 is 0 Å². The monoisotopic (exact) mass is 202 g/mol. The summed E-state index contributed by atoms with van der Waals surface area (Å²) in [6, 6.07) is 8.19. The number of nitrogens with zero attached hydrogens (tertiary/aromatic N) is 1. The van der Waals surface area contributed by atoms with Crippen molar-refractivity contribution in [3.8, 4) is 6.07 Å². The third-order valence-electron chi connectivity index (χ3n) is 2.98. The highest BCUT2D eigenvalue weighted by molar-refractivity contribution is 5.38. The highest BCUT2D eigenvalue weighted by Crippen LogP contribution is 2.25. The molecule has 0 saturated carbocycles. The predicted molar refractivity (Wildman–Crippen MR) is 62.5 cm³/mol. The Bertz CT molecular complexity index is 377. The van der Waals surface area contributed by atoms with Crippen LogP contribution < -0.4 is 5.73 Å². The molecule has 0 aliphatic heterocycles. The van der Waals surface area contributed by atoms with E-state index in [1.54, 1.807) is 0 Å². The van der Waals surface area contributed by atoms with Crippen LogP contribution in [0.2, 0.25) is 0 Å². The number of aryl methyl sites for hydroxylation is 1. The maximum Gasteiger partial charge on any atom is 0.0991 e. The van der Waals surface area contributed by atoms with Gasteiger partial charge in [0.25, 0.3) is 0 Å². The first-order chi connectivity index (χ1) is 7.08. The molecule has 0 amide bonds. The molecule has 0 aliphatic rings. The normalized spacial score (nSPS) is 14.3. The van der Waals surface area contributed by atoms with Crippen LogP contribution >= 0.6 is 0 Å². The lowest BCUT2D eigenvalue weighted by Gasteiger charge is -2.19. The van der Waals surface area contributed by atoms with E-state index < -0.39 is 0 Å². The van der Waals surface area contributed by atoms with Crippen LogP contribution in [0.15, 0.2) is 18.2 Å². The minimum absolute atomic E-state index is 0.405. The van der Waals surface area contributed by atoms with Crippen LogP contribution in [-0.4, -0.2) is 6.54 Å². The van der Waals surface area contributed by atoms with Gasteiger partial charge in [-0.15, -0.1) is 0 Å². The van der Waals surface area contributed by atoms with Crippen molar-refractivity contribution in [2.75, 3.05) is 6.54 Å². The molecule has 80 valence electrons. The molecule has 2 N–H and O–H groups in total. The number of nitrogens with two attached hydrogens (primary N) is 1. The second-order valence-electron chi connectivity index (χ2n) is 4.25. The van der Waals surface area contributed by atoms with Crippen molar-refractivity contribution in [3.05, 3.63) is 34.9 Å². The van der Waals surface area contributed by atoms with Gasteiger partial charge in [0.15, 0.2) is 0 Å². The van der Waals surface area contributed by atoms with Gasteiger partial charge in [0, 0.05) is 0 Å². The lowest BCUT2D eigenvalue weighted by molar-refractivity contribution is 0.499. The SMILES string of the molecule is Cc1cc(C#N)cc(C(C)C(C)CN)c1. The van der Waals surface area contributed by atoms with Crippen molar-refractivity contribution in [2.24, 2.45) is 11.7 Å². The minimum Gasteiger partial charge on any atom is -0.330 e. The van der Waals surface area contributed by atoms with Gasteiger partial charge in [0.2, 0.25) is 0 Å². The molecule has 0 radical (unpaired) electrons. The quantitative estimate of drug-likeness (QED) is 0.819. The van der Waals surface area contributed by atoms with Crippen LogP contribution in [0.1, 0.15) is 36.5 Å². The molecule has 1 aromatic rings. The summed E-state index contributed by atoms with van der Waals surface area (Å²) in [6.45, 7) is 6.99. The summed E-state index contributed by atoms with van der Waals surface area (Å²) < 4.78 is 0. The van der Waals surface area contributed by atoms with Crippen molar-refractivity contribution in [2.45, 2.75) is 26.7 Å². The molecule has 2 atom stereocenters. The first-order valence-corrected chi connectivity index (χ1v) is 5.30. The average molecular weight is 202 g/mol. The Hall–Kier alpha value is -1.33. The van der Waals surface area contributed by atoms with E-state index in [1.807, 2.05) is 19.1 Å². The van der Waals surface area contributed by atoms with Gasteiger partial charge in [-0.1, -0.05) is 19.9 Å². The number of nitriles is 1. The zero-order valence-corrected chi connectivity index (χ0v) is 9.62. The second kappa shape index (κ2) is 4.95. The summed E-state index contributed by atoms with van der Waals surface area (Å²) in [5.41, 5.74) is 8.74. The fourth-order valence-electron chi connectivity index (χ4n) is 1.67. The highest BCUT2D eigenvalue weighted by Gasteiger charge is 2.13. The van der Waals surface area contributed by atoms with Crippen LogP contribution in [0.5, 0.6) is 0 Å². The molecule has 0 aromatic heterocycles. The number of hydrogen-bond donors (Lipinski definition) is 1. The third-order valence-corrected chi connectivity index (χ3v) is 2.98. The Morgan fingerprint density at radius 1 is 1.33 bits per heavy atom. The molecule has 2 unspecified atom stereocenters. The molecule has 2 nitrogen and oxygen atoms in total. The van der Waals surface area contributed by atoms with E-state index in [-0.39, 0.29) is 0 Å². The van der Waals surface area contributed by atoms with E-state index in [0.29, 0.717) is 18.4 Å². The summed E-state index contributed by atoms with van der Waals surface area (Å²) in [6.07, 6.45) is 0. The van der Waals surface area contributed by atoms with Gasteiger partial charge in [-0.25, -0.2) is 0 Å². The van der Waals surface area contributed by atoms with Crippen LogP contribution in [0.3, 0.4) is 0 Å². The molecule has 0 saturated heterocycles. The van der Waals surface area contributed by atoms with Crippen molar-refractivity contribution in [1.82, 2.24) is 0 Å². The second-order valence-corrected chi connectivity index (χ2v) is 4.25. The summed E-state index contributed by atoms with van der Waals surface area (Å²) in [5.74, 6) is 0.848. The van der Waals surface area contributed by atoms with Crippen molar-refractivity contribution in [1.29, 1.82) is 5.26 Å². The van der Waals surface area contributed by atoms with E-state index >= 15 is 0 Å². The fourth-order valence-corrected chi connectivity index (χ4v) is 1.67. The molecule has 0 fully saturated rings. The zero-order valence-electron chi connectivity index (χ0n) is 9.62. The van der Waals surface area contributed by atoms with Crippen LogP contribution in [-0.2, 0) is 0 Å². The van der Waals surface area contributed by atoms with Gasteiger partial charge in [0.1, 0.15) is 0 Å². The lowest BCUT2D eigenvalue weighted by atomic mass is 9.87. The van der Waals surface area contributed by atoms with E-state index in [4.69, 9.17) is 11.0 Å². The molecule has 0 heterocycles. The van der Waals surface area contributed by atoms with Gasteiger partial charge in [-0.05, 0) is 48.6 Å². The average Bonchev–Trinajstić information content (AvgIpc) is 2.26. The molecule has 0 bridgehead atoms. The summed E-state index contributed by atoms with van der Waals surface area (Å²) >= 11 is 0. The fraction of sp³-hybridized carbons (Fsp3) is 0.462. The molecule has 15 heavy (non-hydrogen) atoms. The largest absolute Gasteiger partial charge is 0.330 e. The van der Waals surface area contributed by atoms with Crippen LogP contribution in [0.4, 0.5) is 0 Å². The first kappa shape index (κ1) is 11.7. The Labute approximate surface area is 91.7 Å². The number of benzene rings is 1. The number of rotatable bonds is 3. The minimum atomic E-state index is 0.405. The Morgan fingerprint density at radius 3 is 2.53 bits per heavy atom. The predicted octanol–water partition coefficient (Wildman–Crippen LogP) is 2.57. The van der Waals surface area contributed by atoms with Gasteiger partial charge in [-0.2, -0.15) is 5.26 Å². The topological polar surface area (TPSA) is 49.8 Å². The Morgan fingerprint density at radius 2 is 2.00 bits per heavy atom. The molecule has 1 rings (SSSR count). The highest BCUT2D eigenvalue weighted by atomic mass is 14.5. The summed E-state index contributed by atoms with van der Waals surface area (Å²) in [5, 5.41) is 8.89. The maximum absolute atomic E-state index is 8.89. The Kier molecular flexibility index (Phi) is 3.88. The van der Waals surface area contributed by atoms with Gasteiger partial charge >= 0.3 is 0 Å². The summed E-state index contributed by atoms with van der Waals surface area (Å²) in [4.78, 5) is 0. The van der Waals surface area contributed by atoms with Crippen molar-refractivity contribution in [3.63, 3.8) is 0 Å². The molecule has 0 spiro atoms. The molecule has 2 heteroatoms. The number of hydrogen-bond acceptors (Lipinski definition) is 2. The molecular formula is C13H18N2. The zero-order chi connectivity index (χ0) is 11.4. The smallest absolute Gasteiger partial charge is 0.0991 e. The van der Waals surface area contributed by atoms with E-state index in [1.165, 1.54) is 5.56 Å². The van der Waals surface area contributed by atoms with E-state index in [9.17, 15) is 0 Å². The lowest BCUT2D eigenvalue weighted by Crippen LogP contribution is -2.17. The standard InChI is InChI=1S/C13H18N2/c1-9-4-12(8-15)6-13(5-9)11(3)10(2)7-14/h4-6,10-11H,7,14H2,1-3H3.